The summed E-state index contributed by atoms with van der Waals surface area (Å²) in [4.78, 5) is 28.0. The highest BCUT2D eigenvalue weighted by atomic mass is 16.6. The first-order valence-electron chi connectivity index (χ1n) is 18.4. The fourth-order valence-corrected chi connectivity index (χ4v) is 8.47. The second-order valence-electron chi connectivity index (χ2n) is 14.3. The van der Waals surface area contributed by atoms with E-state index in [2.05, 4.69) is 24.0 Å². The Kier molecular flexibility index (Phi) is 12.2. The van der Waals surface area contributed by atoms with Gasteiger partial charge in [0.15, 0.2) is 12.2 Å². The molecule has 2 heterocycles. The summed E-state index contributed by atoms with van der Waals surface area (Å²) >= 11 is 0. The molecule has 2 N–H and O–H groups in total. The van der Waals surface area contributed by atoms with E-state index in [-0.39, 0.29) is 19.1 Å². The van der Waals surface area contributed by atoms with Crippen LogP contribution in [0.15, 0.2) is 36.1 Å². The molecular weight excluding hydrogens is 594 g/mol. The van der Waals surface area contributed by atoms with Crippen molar-refractivity contribution in [3.8, 4) is 5.75 Å². The maximum absolute atomic E-state index is 13.2. The molecule has 2 unspecified atom stereocenters. The monoisotopic (exact) mass is 651 g/mol. The number of rotatable bonds is 19. The Bertz CT molecular complexity index is 1310. The molecule has 0 radical (unpaired) electrons. The smallest absolute Gasteiger partial charge is 0.352 e. The maximum Gasteiger partial charge on any atom is 0.352 e. The van der Waals surface area contributed by atoms with Crippen molar-refractivity contribution in [3.63, 3.8) is 0 Å². The van der Waals surface area contributed by atoms with Gasteiger partial charge < -0.3 is 29.3 Å². The van der Waals surface area contributed by atoms with Crippen LogP contribution in [0.4, 0.5) is 0 Å². The number of allylic oxidation sites excluding steroid dienone is 2. The molecule has 8 nitrogen and oxygen atoms in total. The predicted molar refractivity (Wildman–Crippen MR) is 182 cm³/mol. The number of nitrogens with zero attached hydrogens (tertiary/aromatic N) is 1. The lowest BCUT2D eigenvalue weighted by molar-refractivity contribution is -0.175. The first-order valence-corrected chi connectivity index (χ1v) is 18.4. The van der Waals surface area contributed by atoms with Crippen LogP contribution >= 0.6 is 0 Å². The summed E-state index contributed by atoms with van der Waals surface area (Å²) < 4.78 is 17.9. The normalized spacial score (nSPS) is 26.4. The molecule has 260 valence electrons. The van der Waals surface area contributed by atoms with Gasteiger partial charge in [-0.05, 0) is 77.1 Å². The standard InChI is InChI=1S/C39H57NO7/c1-4-5-6-7-8-9-10-11-12-13-14-15-16-17-18-19-33(42)45-28(2)37(43)46-31-22-23-39(44)32-26-29-20-21-30(27-41)35-34(29)38(39,36(31)47-35)24-25-40(32)3/h11-12,20-22,28,32,36,41,44H,4-10,13-19,23-27H2,1-3H3/b12-11+/t28-,32+,36?,38?,39+/m0/s1. The van der Waals surface area contributed by atoms with Crippen molar-refractivity contribution in [2.24, 2.45) is 0 Å². The summed E-state index contributed by atoms with van der Waals surface area (Å²) in [6.07, 6.45) is 22.0. The summed E-state index contributed by atoms with van der Waals surface area (Å²) in [5.74, 6) is -0.112. The van der Waals surface area contributed by atoms with Crippen molar-refractivity contribution in [2.75, 3.05) is 13.6 Å². The summed E-state index contributed by atoms with van der Waals surface area (Å²) in [5, 5.41) is 22.4. The van der Waals surface area contributed by atoms with E-state index >= 15 is 0 Å². The quantitative estimate of drug-likeness (QED) is 0.0939. The van der Waals surface area contributed by atoms with Gasteiger partial charge in [-0.3, -0.25) is 4.79 Å². The number of ether oxygens (including phenoxy) is 3. The van der Waals surface area contributed by atoms with Gasteiger partial charge >= 0.3 is 11.9 Å². The van der Waals surface area contributed by atoms with Crippen LogP contribution in [-0.4, -0.2) is 64.5 Å². The van der Waals surface area contributed by atoms with Gasteiger partial charge in [0.2, 0.25) is 0 Å². The summed E-state index contributed by atoms with van der Waals surface area (Å²) in [5.41, 5.74) is 0.825. The highest BCUT2D eigenvalue weighted by Crippen LogP contribution is 2.64. The molecule has 8 heteroatoms. The van der Waals surface area contributed by atoms with E-state index in [9.17, 15) is 19.8 Å². The highest BCUT2D eigenvalue weighted by Gasteiger charge is 2.71. The SMILES string of the molecule is CCCCCCCC/C=C/CCCCCCCC(=O)O[C@@H](C)C(=O)OC1=CC[C@@]2(O)[C@H]3Cc4ccc(CO)c5c4C2(CCN3C)C1O5. The Balaban J connectivity index is 1.05. The minimum atomic E-state index is -1.10. The lowest BCUT2D eigenvalue weighted by Gasteiger charge is -2.61. The predicted octanol–water partition coefficient (Wildman–Crippen LogP) is 6.97. The summed E-state index contributed by atoms with van der Waals surface area (Å²) in [6.45, 7) is 4.37. The molecule has 0 saturated carbocycles. The first-order chi connectivity index (χ1) is 22.8. The van der Waals surface area contributed by atoms with Gasteiger partial charge in [0.1, 0.15) is 11.5 Å². The van der Waals surface area contributed by atoms with Crippen LogP contribution in [0.1, 0.15) is 133 Å². The molecule has 1 spiro atoms. The number of benzene rings is 1. The number of carbonyl (C=O) groups excluding carboxylic acids is 2. The average Bonchev–Trinajstić information content (AvgIpc) is 3.42. The van der Waals surface area contributed by atoms with Crippen molar-refractivity contribution in [1.82, 2.24) is 4.90 Å². The zero-order valence-electron chi connectivity index (χ0n) is 28.9. The Hall–Kier alpha value is -2.68. The molecule has 0 amide bonds. The number of hydrogen-bond acceptors (Lipinski definition) is 8. The lowest BCUT2D eigenvalue weighted by Crippen LogP contribution is -2.74. The van der Waals surface area contributed by atoms with Gasteiger partial charge in [0, 0.05) is 30.0 Å². The van der Waals surface area contributed by atoms with Gasteiger partial charge in [-0.25, -0.2) is 4.79 Å². The van der Waals surface area contributed by atoms with Gasteiger partial charge in [0.05, 0.1) is 17.6 Å². The third-order valence-corrected chi connectivity index (χ3v) is 11.1. The van der Waals surface area contributed by atoms with Gasteiger partial charge in [0.25, 0.3) is 0 Å². The summed E-state index contributed by atoms with van der Waals surface area (Å²) in [7, 11) is 2.04. The Morgan fingerprint density at radius 2 is 1.72 bits per heavy atom. The topological polar surface area (TPSA) is 106 Å². The fraction of sp³-hybridized carbons (Fsp3) is 0.692. The van der Waals surface area contributed by atoms with Gasteiger partial charge in [-0.1, -0.05) is 82.6 Å². The van der Waals surface area contributed by atoms with Crippen molar-refractivity contribution < 1.29 is 34.0 Å². The third kappa shape index (κ3) is 7.35. The molecule has 4 aliphatic rings. The minimum Gasteiger partial charge on any atom is -0.481 e. The number of unbranched alkanes of at least 4 members (excludes halogenated alkanes) is 11. The number of aliphatic hydroxyl groups is 2. The number of esters is 2. The number of carbonyl (C=O) groups is 2. The molecule has 2 bridgehead atoms. The zero-order valence-corrected chi connectivity index (χ0v) is 28.9. The first kappa shape index (κ1) is 35.6. The number of likely N-dealkylation sites (tertiary alicyclic amines) is 1. The molecule has 5 atom stereocenters. The number of piperidine rings is 1. The Morgan fingerprint density at radius 1 is 1.04 bits per heavy atom. The van der Waals surface area contributed by atoms with Crippen LogP contribution in [0.5, 0.6) is 5.75 Å². The van der Waals surface area contributed by atoms with Crippen molar-refractivity contribution in [1.29, 1.82) is 0 Å². The molecule has 2 aliphatic carbocycles. The molecule has 1 fully saturated rings. The second kappa shape index (κ2) is 16.1. The van der Waals surface area contributed by atoms with Crippen LogP contribution in [-0.2, 0) is 37.5 Å². The number of likely N-dealkylation sites (N-methyl/N-ethyl adjacent to an activating group) is 1. The van der Waals surface area contributed by atoms with E-state index in [0.29, 0.717) is 36.3 Å². The zero-order chi connectivity index (χ0) is 33.4. The second-order valence-corrected chi connectivity index (χ2v) is 14.3. The van der Waals surface area contributed by atoms with Crippen molar-refractivity contribution in [3.05, 3.63) is 52.8 Å². The average molecular weight is 652 g/mol. The van der Waals surface area contributed by atoms with E-state index in [1.165, 1.54) is 58.3 Å². The molecule has 5 rings (SSSR count). The van der Waals surface area contributed by atoms with E-state index in [1.807, 2.05) is 19.2 Å². The van der Waals surface area contributed by atoms with Crippen LogP contribution < -0.4 is 4.74 Å². The lowest BCUT2D eigenvalue weighted by atomic mass is 9.50. The van der Waals surface area contributed by atoms with Crippen LogP contribution in [0.2, 0.25) is 0 Å². The van der Waals surface area contributed by atoms with Crippen molar-refractivity contribution >= 4 is 11.9 Å². The van der Waals surface area contributed by atoms with Crippen LogP contribution in [0, 0.1) is 0 Å². The van der Waals surface area contributed by atoms with E-state index in [4.69, 9.17) is 14.2 Å². The highest BCUT2D eigenvalue weighted by molar-refractivity contribution is 5.80. The van der Waals surface area contributed by atoms with E-state index < -0.39 is 35.2 Å². The summed E-state index contributed by atoms with van der Waals surface area (Å²) in [6, 6.07) is 3.81. The molecule has 47 heavy (non-hydrogen) atoms. The maximum atomic E-state index is 13.2. The van der Waals surface area contributed by atoms with Gasteiger partial charge in [-0.15, -0.1) is 0 Å². The molecular formula is C39H57NO7. The Morgan fingerprint density at radius 3 is 2.43 bits per heavy atom. The van der Waals surface area contributed by atoms with E-state index in [1.54, 1.807) is 6.08 Å². The molecule has 0 aromatic heterocycles. The van der Waals surface area contributed by atoms with Crippen molar-refractivity contribution in [2.45, 2.75) is 159 Å². The van der Waals surface area contributed by atoms with E-state index in [0.717, 1.165) is 49.8 Å². The molecule has 1 saturated heterocycles. The third-order valence-electron chi connectivity index (χ3n) is 11.1. The Labute approximate surface area is 281 Å². The number of aliphatic hydroxyl groups excluding tert-OH is 1. The largest absolute Gasteiger partial charge is 0.481 e. The fourth-order valence-electron chi connectivity index (χ4n) is 8.47. The molecule has 1 aromatic carbocycles. The molecule has 1 aromatic rings. The minimum absolute atomic E-state index is 0.106. The molecule has 2 aliphatic heterocycles. The number of hydrogen-bond donors (Lipinski definition) is 2. The van der Waals surface area contributed by atoms with Crippen LogP contribution in [0.25, 0.3) is 0 Å². The van der Waals surface area contributed by atoms with Crippen LogP contribution in [0.3, 0.4) is 0 Å². The van der Waals surface area contributed by atoms with Gasteiger partial charge in [-0.2, -0.15) is 0 Å².